The molecule has 0 saturated heterocycles. The molecule has 1 fully saturated rings. The summed E-state index contributed by atoms with van der Waals surface area (Å²) in [7, 11) is 0. The van der Waals surface area contributed by atoms with Crippen molar-refractivity contribution in [2.75, 3.05) is 10.6 Å². The molecule has 2 N–H and O–H groups in total. The Bertz CT molecular complexity index is 2430. The molecule has 0 spiro atoms. The first-order valence-corrected chi connectivity index (χ1v) is 17.2. The second-order valence-electron chi connectivity index (χ2n) is 12.6. The molecule has 0 radical (unpaired) electrons. The van der Waals surface area contributed by atoms with Gasteiger partial charge < -0.3 is 10.6 Å². The summed E-state index contributed by atoms with van der Waals surface area (Å²) in [5, 5.41) is 14.8. The number of benzene rings is 2. The third-order valence-corrected chi connectivity index (χ3v) is 8.52. The molecule has 0 bridgehead atoms. The van der Waals surface area contributed by atoms with Gasteiger partial charge in [0.15, 0.2) is 11.6 Å². The summed E-state index contributed by atoms with van der Waals surface area (Å²) in [4.78, 5) is 58.8. The van der Waals surface area contributed by atoms with Crippen molar-refractivity contribution in [1.29, 1.82) is 0 Å². The number of ketones is 2. The average Bonchev–Trinajstić information content (AvgIpc) is 3.99. The Morgan fingerprint density at radius 3 is 1.72 bits per heavy atom. The number of carbonyl (C=O) groups excluding carboxylic acids is 2. The van der Waals surface area contributed by atoms with E-state index in [0.717, 1.165) is 12.8 Å². The summed E-state index contributed by atoms with van der Waals surface area (Å²) in [5.41, 5.74) is 2.55. The second-order valence-corrected chi connectivity index (χ2v) is 12.6. The van der Waals surface area contributed by atoms with Crippen LogP contribution in [0.2, 0.25) is 0 Å². The molecule has 14 heteroatoms. The zero-order chi connectivity index (χ0) is 38.4. The SMILES string of the molecule is CC(=O)c1c(-c2cccc(F)c2)nn(CC2CC2)c(=O)c1Nc1cccnc1.CCn1nc(-c2ccc(F)cc2)c(C(C)=O)c(Nc2cccnc2)c1=O. The number of anilines is 4. The number of aryl methyl sites for hydroxylation is 1. The van der Waals surface area contributed by atoms with Crippen LogP contribution in [-0.4, -0.2) is 41.1 Å². The molecule has 0 atom stereocenters. The van der Waals surface area contributed by atoms with Gasteiger partial charge in [-0.3, -0.25) is 29.1 Å². The molecule has 4 heterocycles. The van der Waals surface area contributed by atoms with Crippen LogP contribution in [0.3, 0.4) is 0 Å². The quantitative estimate of drug-likeness (QED) is 0.131. The van der Waals surface area contributed by atoms with E-state index >= 15 is 0 Å². The minimum atomic E-state index is -0.435. The molecule has 4 aromatic heterocycles. The summed E-state index contributed by atoms with van der Waals surface area (Å²) < 4.78 is 29.7. The number of carbonyl (C=O) groups is 2. The van der Waals surface area contributed by atoms with Gasteiger partial charge in [-0.05, 0) is 100 Å². The topological polar surface area (TPSA) is 154 Å². The van der Waals surface area contributed by atoms with Gasteiger partial charge in [-0.2, -0.15) is 10.2 Å². The summed E-state index contributed by atoms with van der Waals surface area (Å²) in [6.45, 7) is 5.32. The molecule has 12 nitrogen and oxygen atoms in total. The number of nitrogens with zero attached hydrogens (tertiary/aromatic N) is 6. The number of aromatic nitrogens is 6. The number of pyridine rings is 2. The van der Waals surface area contributed by atoms with Crippen LogP contribution in [0, 0.1) is 17.6 Å². The molecule has 0 unspecified atom stereocenters. The largest absolute Gasteiger partial charge is 0.349 e. The van der Waals surface area contributed by atoms with Gasteiger partial charge in [-0.25, -0.2) is 18.1 Å². The fourth-order valence-electron chi connectivity index (χ4n) is 5.75. The van der Waals surface area contributed by atoms with Crippen LogP contribution >= 0.6 is 0 Å². The highest BCUT2D eigenvalue weighted by atomic mass is 19.1. The molecular weight excluding hydrogens is 694 g/mol. The maximum absolute atomic E-state index is 13.8. The molecule has 0 amide bonds. The number of hydrogen-bond donors (Lipinski definition) is 2. The van der Waals surface area contributed by atoms with Crippen LogP contribution < -0.4 is 21.8 Å². The second kappa shape index (κ2) is 16.3. The molecule has 274 valence electrons. The van der Waals surface area contributed by atoms with Crippen molar-refractivity contribution in [1.82, 2.24) is 29.5 Å². The number of hydrogen-bond acceptors (Lipinski definition) is 10. The van der Waals surface area contributed by atoms with Crippen molar-refractivity contribution in [2.24, 2.45) is 5.92 Å². The highest BCUT2D eigenvalue weighted by Crippen LogP contribution is 2.32. The van der Waals surface area contributed by atoms with Crippen molar-refractivity contribution in [3.63, 3.8) is 0 Å². The normalized spacial score (nSPS) is 12.0. The first-order valence-electron chi connectivity index (χ1n) is 17.2. The van der Waals surface area contributed by atoms with E-state index in [1.165, 1.54) is 59.6 Å². The van der Waals surface area contributed by atoms with E-state index < -0.39 is 17.2 Å². The Hall–Kier alpha value is -6.70. The predicted octanol–water partition coefficient (Wildman–Crippen LogP) is 7.21. The van der Waals surface area contributed by atoms with Gasteiger partial charge >= 0.3 is 0 Å². The molecule has 54 heavy (non-hydrogen) atoms. The average molecular weight is 731 g/mol. The van der Waals surface area contributed by atoms with E-state index in [1.807, 2.05) is 0 Å². The lowest BCUT2D eigenvalue weighted by Crippen LogP contribution is -2.29. The lowest BCUT2D eigenvalue weighted by atomic mass is 10.0. The standard InChI is InChI=1S/C21H19FN4O2.C19H17FN4O2/c1-13(27)18-19(15-4-2-5-16(22)10-15)25-26(12-14-7-8-14)21(28)20(18)24-17-6-3-9-23-11-17;1-3-24-19(26)18(22-15-5-4-10-21-11-15)16(12(2)25)17(23-24)13-6-8-14(20)9-7-13/h2-6,9-11,14,24H,7-8,12H2,1H3;4-11,22H,3H2,1-2H3. The van der Waals surface area contributed by atoms with Gasteiger partial charge in [0, 0.05) is 36.6 Å². The predicted molar refractivity (Wildman–Crippen MR) is 201 cm³/mol. The summed E-state index contributed by atoms with van der Waals surface area (Å²) >= 11 is 0. The van der Waals surface area contributed by atoms with Gasteiger partial charge in [0.05, 0.1) is 34.9 Å². The van der Waals surface area contributed by atoms with Crippen LogP contribution in [0.5, 0.6) is 0 Å². The zero-order valence-electron chi connectivity index (χ0n) is 29.7. The smallest absolute Gasteiger partial charge is 0.291 e. The van der Waals surface area contributed by atoms with E-state index in [9.17, 15) is 28.0 Å². The maximum Gasteiger partial charge on any atom is 0.291 e. The Labute approximate surface area is 308 Å². The molecule has 0 aliphatic heterocycles. The highest BCUT2D eigenvalue weighted by Gasteiger charge is 2.27. The van der Waals surface area contributed by atoms with Crippen molar-refractivity contribution >= 4 is 34.3 Å². The van der Waals surface area contributed by atoms with Crippen molar-refractivity contribution < 1.29 is 18.4 Å². The van der Waals surface area contributed by atoms with E-state index in [4.69, 9.17) is 0 Å². The van der Waals surface area contributed by atoms with E-state index in [1.54, 1.807) is 68.1 Å². The zero-order valence-corrected chi connectivity index (χ0v) is 29.7. The summed E-state index contributed by atoms with van der Waals surface area (Å²) in [5.74, 6) is -1.07. The third kappa shape index (κ3) is 8.49. The van der Waals surface area contributed by atoms with Crippen molar-refractivity contribution in [2.45, 2.75) is 46.7 Å². The molecule has 2 aromatic carbocycles. The van der Waals surface area contributed by atoms with Crippen molar-refractivity contribution in [3.8, 4) is 22.5 Å². The van der Waals surface area contributed by atoms with Crippen LogP contribution in [-0.2, 0) is 13.1 Å². The van der Waals surface area contributed by atoms with Crippen LogP contribution in [0.1, 0.15) is 54.3 Å². The van der Waals surface area contributed by atoms with E-state index in [0.29, 0.717) is 52.9 Å². The third-order valence-electron chi connectivity index (χ3n) is 8.52. The number of halogens is 2. The van der Waals surface area contributed by atoms with Gasteiger partial charge in [0.25, 0.3) is 11.1 Å². The first-order chi connectivity index (χ1) is 26.0. The van der Waals surface area contributed by atoms with Gasteiger partial charge in [0.2, 0.25) is 0 Å². The summed E-state index contributed by atoms with van der Waals surface area (Å²) in [6, 6.07) is 18.5. The van der Waals surface area contributed by atoms with E-state index in [-0.39, 0.29) is 39.6 Å². The number of Topliss-reactive ketones (excluding diaryl/α,β-unsaturated/α-hetero) is 2. The lowest BCUT2D eigenvalue weighted by molar-refractivity contribution is 0.101. The molecule has 1 aliphatic rings. The molecule has 1 aliphatic carbocycles. The first kappa shape index (κ1) is 37.1. The van der Waals surface area contributed by atoms with E-state index in [2.05, 4.69) is 30.8 Å². The Morgan fingerprint density at radius 1 is 0.704 bits per heavy atom. The highest BCUT2D eigenvalue weighted by molar-refractivity contribution is 6.06. The van der Waals surface area contributed by atoms with Gasteiger partial charge in [-0.1, -0.05) is 12.1 Å². The van der Waals surface area contributed by atoms with Crippen molar-refractivity contribution in [3.05, 3.63) is 141 Å². The molecule has 7 rings (SSSR count). The fraction of sp³-hybridized carbons (Fsp3) is 0.200. The Kier molecular flexibility index (Phi) is 11.2. The van der Waals surface area contributed by atoms with Crippen LogP contribution in [0.4, 0.5) is 31.5 Å². The number of nitrogens with one attached hydrogen (secondary N) is 2. The Morgan fingerprint density at radius 2 is 1.24 bits per heavy atom. The molecule has 6 aromatic rings. The Balaban J connectivity index is 0.000000185. The maximum atomic E-state index is 13.8. The monoisotopic (exact) mass is 730 g/mol. The fourth-order valence-corrected chi connectivity index (χ4v) is 5.75. The number of rotatable bonds is 11. The van der Waals surface area contributed by atoms with Crippen LogP contribution in [0.15, 0.2) is 107 Å². The lowest BCUT2D eigenvalue weighted by Gasteiger charge is -2.16. The summed E-state index contributed by atoms with van der Waals surface area (Å²) in [6.07, 6.45) is 8.44. The molecular formula is C40H36F2N8O4. The molecule has 1 saturated carbocycles. The van der Waals surface area contributed by atoms with Crippen LogP contribution in [0.25, 0.3) is 22.5 Å². The minimum absolute atomic E-state index is 0.127. The van der Waals surface area contributed by atoms with Gasteiger partial charge in [-0.15, -0.1) is 0 Å². The van der Waals surface area contributed by atoms with Gasteiger partial charge in [0.1, 0.15) is 34.4 Å². The minimum Gasteiger partial charge on any atom is -0.349 e.